The SMILES string of the molecule is O=C(O)CNc1cn[nH]c1. The molecule has 10 heavy (non-hydrogen) atoms. The molecule has 0 saturated heterocycles. The summed E-state index contributed by atoms with van der Waals surface area (Å²) in [6.07, 6.45) is 3.10. The molecule has 0 aliphatic carbocycles. The summed E-state index contributed by atoms with van der Waals surface area (Å²) in [5.74, 6) is -0.888. The zero-order valence-electron chi connectivity index (χ0n) is 5.16. The quantitative estimate of drug-likeness (QED) is 0.549. The molecule has 1 aromatic heterocycles. The number of aromatic amines is 1. The zero-order chi connectivity index (χ0) is 7.40. The first-order valence-corrected chi connectivity index (χ1v) is 2.73. The largest absolute Gasteiger partial charge is 0.480 e. The Morgan fingerprint density at radius 2 is 2.70 bits per heavy atom. The van der Waals surface area contributed by atoms with E-state index in [0.717, 1.165) is 0 Å². The average molecular weight is 141 g/mol. The first-order chi connectivity index (χ1) is 4.79. The second-order valence-electron chi connectivity index (χ2n) is 1.73. The molecule has 3 N–H and O–H groups in total. The van der Waals surface area contributed by atoms with Gasteiger partial charge in [0.15, 0.2) is 0 Å². The zero-order valence-corrected chi connectivity index (χ0v) is 5.16. The highest BCUT2D eigenvalue weighted by Gasteiger charge is 1.95. The number of anilines is 1. The molecule has 0 saturated carbocycles. The second-order valence-corrected chi connectivity index (χ2v) is 1.73. The summed E-state index contributed by atoms with van der Waals surface area (Å²) >= 11 is 0. The minimum Gasteiger partial charge on any atom is -0.480 e. The van der Waals surface area contributed by atoms with E-state index in [4.69, 9.17) is 5.11 Å². The van der Waals surface area contributed by atoms with E-state index in [2.05, 4.69) is 15.5 Å². The average Bonchev–Trinajstić information content (AvgIpc) is 2.34. The molecule has 5 nitrogen and oxygen atoms in total. The van der Waals surface area contributed by atoms with Crippen molar-refractivity contribution in [1.82, 2.24) is 10.2 Å². The number of carbonyl (C=O) groups is 1. The lowest BCUT2D eigenvalue weighted by atomic mass is 10.5. The van der Waals surface area contributed by atoms with Crippen LogP contribution < -0.4 is 5.32 Å². The third-order valence-corrected chi connectivity index (χ3v) is 0.942. The third-order valence-electron chi connectivity index (χ3n) is 0.942. The van der Waals surface area contributed by atoms with Crippen LogP contribution in [0.1, 0.15) is 0 Å². The van der Waals surface area contributed by atoms with E-state index in [9.17, 15) is 4.79 Å². The molecule has 0 aliphatic rings. The van der Waals surface area contributed by atoms with Crippen molar-refractivity contribution < 1.29 is 9.90 Å². The molecule has 1 rings (SSSR count). The molecule has 0 atom stereocenters. The molecule has 0 aromatic carbocycles. The van der Waals surface area contributed by atoms with E-state index in [1.807, 2.05) is 0 Å². The van der Waals surface area contributed by atoms with E-state index < -0.39 is 5.97 Å². The molecule has 1 aromatic rings. The molecule has 5 heteroatoms. The van der Waals surface area contributed by atoms with E-state index >= 15 is 0 Å². The maximum atomic E-state index is 10.0. The fraction of sp³-hybridized carbons (Fsp3) is 0.200. The van der Waals surface area contributed by atoms with Gasteiger partial charge in [-0.3, -0.25) is 9.89 Å². The Morgan fingerprint density at radius 1 is 1.90 bits per heavy atom. The first kappa shape index (κ1) is 6.60. The topological polar surface area (TPSA) is 78.0 Å². The van der Waals surface area contributed by atoms with Gasteiger partial charge in [-0.2, -0.15) is 5.10 Å². The van der Waals surface area contributed by atoms with Crippen LogP contribution in [0.5, 0.6) is 0 Å². The normalized spacial score (nSPS) is 9.20. The Labute approximate surface area is 57.1 Å². The summed E-state index contributed by atoms with van der Waals surface area (Å²) < 4.78 is 0. The van der Waals surface area contributed by atoms with Gasteiger partial charge in [-0.1, -0.05) is 0 Å². The molecule has 0 aliphatic heterocycles. The number of carboxylic acids is 1. The van der Waals surface area contributed by atoms with Gasteiger partial charge in [-0.15, -0.1) is 0 Å². The van der Waals surface area contributed by atoms with Crippen molar-refractivity contribution in [2.24, 2.45) is 0 Å². The van der Waals surface area contributed by atoms with Crippen molar-refractivity contribution in [3.05, 3.63) is 12.4 Å². The van der Waals surface area contributed by atoms with Crippen molar-refractivity contribution in [2.45, 2.75) is 0 Å². The van der Waals surface area contributed by atoms with Crippen LogP contribution >= 0.6 is 0 Å². The number of aromatic nitrogens is 2. The highest BCUT2D eigenvalue weighted by atomic mass is 16.4. The summed E-state index contributed by atoms with van der Waals surface area (Å²) in [5.41, 5.74) is 0.683. The monoisotopic (exact) mass is 141 g/mol. The van der Waals surface area contributed by atoms with E-state index in [1.165, 1.54) is 6.20 Å². The molecule has 0 fully saturated rings. The van der Waals surface area contributed by atoms with Crippen LogP contribution in [0.25, 0.3) is 0 Å². The van der Waals surface area contributed by atoms with Gasteiger partial charge in [-0.25, -0.2) is 0 Å². The third kappa shape index (κ3) is 1.77. The van der Waals surface area contributed by atoms with Crippen molar-refractivity contribution in [1.29, 1.82) is 0 Å². The number of carboxylic acid groups (broad SMARTS) is 1. The van der Waals surface area contributed by atoms with Crippen molar-refractivity contribution in [3.8, 4) is 0 Å². The highest BCUT2D eigenvalue weighted by molar-refractivity contribution is 5.72. The number of H-pyrrole nitrogens is 1. The van der Waals surface area contributed by atoms with Gasteiger partial charge < -0.3 is 10.4 Å². The van der Waals surface area contributed by atoms with Crippen molar-refractivity contribution in [2.75, 3.05) is 11.9 Å². The standard InChI is InChI=1S/C5H7N3O2/c9-5(10)3-6-4-1-7-8-2-4/h1-2,6H,3H2,(H,7,8)(H,9,10). The lowest BCUT2D eigenvalue weighted by Crippen LogP contribution is -2.11. The minimum absolute atomic E-state index is 0.0838. The highest BCUT2D eigenvalue weighted by Crippen LogP contribution is 1.98. The maximum absolute atomic E-state index is 10.0. The summed E-state index contributed by atoms with van der Waals surface area (Å²) in [6, 6.07) is 0. The summed E-state index contributed by atoms with van der Waals surface area (Å²) in [6.45, 7) is -0.0838. The van der Waals surface area contributed by atoms with Gasteiger partial charge in [0.1, 0.15) is 6.54 Å². The van der Waals surface area contributed by atoms with Crippen LogP contribution in [-0.2, 0) is 4.79 Å². The van der Waals surface area contributed by atoms with Gasteiger partial charge in [0.2, 0.25) is 0 Å². The van der Waals surface area contributed by atoms with Gasteiger partial charge in [-0.05, 0) is 0 Å². The fourth-order valence-corrected chi connectivity index (χ4v) is 0.525. The van der Waals surface area contributed by atoms with E-state index in [-0.39, 0.29) is 6.54 Å². The van der Waals surface area contributed by atoms with Crippen LogP contribution in [-0.4, -0.2) is 27.8 Å². The van der Waals surface area contributed by atoms with Gasteiger partial charge in [0.25, 0.3) is 0 Å². The molecule has 0 amide bonds. The number of aliphatic carboxylic acids is 1. The number of nitrogens with zero attached hydrogens (tertiary/aromatic N) is 1. The predicted octanol–water partition coefficient (Wildman–Crippen LogP) is -0.0938. The van der Waals surface area contributed by atoms with Crippen LogP contribution in [0.15, 0.2) is 12.4 Å². The predicted molar refractivity (Wildman–Crippen MR) is 34.7 cm³/mol. The maximum Gasteiger partial charge on any atom is 0.322 e. The first-order valence-electron chi connectivity index (χ1n) is 2.73. The summed E-state index contributed by atoms with van der Waals surface area (Å²) in [7, 11) is 0. The summed E-state index contributed by atoms with van der Waals surface area (Å²) in [4.78, 5) is 10.0. The number of hydrogen-bond acceptors (Lipinski definition) is 3. The van der Waals surface area contributed by atoms with Gasteiger partial charge >= 0.3 is 5.97 Å². The van der Waals surface area contributed by atoms with Crippen molar-refractivity contribution in [3.63, 3.8) is 0 Å². The molecule has 0 unspecified atom stereocenters. The Bertz CT molecular complexity index is 207. The molecular formula is C5H7N3O2. The smallest absolute Gasteiger partial charge is 0.322 e. The van der Waals surface area contributed by atoms with Crippen molar-refractivity contribution >= 4 is 11.7 Å². The number of rotatable bonds is 3. The molecular weight excluding hydrogens is 134 g/mol. The molecule has 0 radical (unpaired) electrons. The van der Waals surface area contributed by atoms with Gasteiger partial charge in [0, 0.05) is 6.20 Å². The number of hydrogen-bond donors (Lipinski definition) is 3. The molecule has 0 bridgehead atoms. The van der Waals surface area contributed by atoms with Crippen LogP contribution in [0, 0.1) is 0 Å². The molecule has 1 heterocycles. The van der Waals surface area contributed by atoms with Gasteiger partial charge in [0.05, 0.1) is 11.9 Å². The number of nitrogens with one attached hydrogen (secondary N) is 2. The molecule has 0 spiro atoms. The Morgan fingerprint density at radius 3 is 3.20 bits per heavy atom. The lowest BCUT2D eigenvalue weighted by molar-refractivity contribution is -0.134. The Kier molecular flexibility index (Phi) is 1.89. The minimum atomic E-state index is -0.888. The second kappa shape index (κ2) is 2.86. The van der Waals surface area contributed by atoms with E-state index in [1.54, 1.807) is 6.20 Å². The Hall–Kier alpha value is -1.52. The molecule has 54 valence electrons. The van der Waals surface area contributed by atoms with E-state index in [0.29, 0.717) is 5.69 Å². The van der Waals surface area contributed by atoms with Crippen LogP contribution in [0.3, 0.4) is 0 Å². The van der Waals surface area contributed by atoms with Crippen LogP contribution in [0.2, 0.25) is 0 Å². The summed E-state index contributed by atoms with van der Waals surface area (Å²) in [5, 5.41) is 17.0. The lowest BCUT2D eigenvalue weighted by Gasteiger charge is -1.95. The van der Waals surface area contributed by atoms with Crippen LogP contribution in [0.4, 0.5) is 5.69 Å². The fourth-order valence-electron chi connectivity index (χ4n) is 0.525. The Balaban J connectivity index is 2.35.